The van der Waals surface area contributed by atoms with E-state index in [2.05, 4.69) is 43.8 Å². The first-order chi connectivity index (χ1) is 24.3. The number of fused-ring (bicyclic) bond motifs is 1. The fraction of sp³-hybridized carbons (Fsp3) is 0.316. The maximum atomic E-state index is 14.1. The van der Waals surface area contributed by atoms with Crippen LogP contribution >= 0.6 is 22.6 Å². The van der Waals surface area contributed by atoms with Crippen LogP contribution in [0.3, 0.4) is 0 Å². The van der Waals surface area contributed by atoms with Crippen molar-refractivity contribution >= 4 is 65.7 Å². The van der Waals surface area contributed by atoms with Gasteiger partial charge in [-0.25, -0.2) is 24.6 Å². The van der Waals surface area contributed by atoms with Crippen LogP contribution in [0.2, 0.25) is 18.1 Å². The number of imide groups is 1. The normalized spacial score (nSPS) is 19.2. The summed E-state index contributed by atoms with van der Waals surface area (Å²) in [5.74, 6) is -1.90. The van der Waals surface area contributed by atoms with Crippen molar-refractivity contribution in [2.45, 2.75) is 64.3 Å². The lowest BCUT2D eigenvalue weighted by Crippen LogP contribution is -2.44. The highest BCUT2D eigenvalue weighted by molar-refractivity contribution is 14.1. The lowest BCUT2D eigenvalue weighted by Gasteiger charge is -2.37. The number of nitrogens with zero attached hydrogens (tertiary/aromatic N) is 5. The monoisotopic (exact) mass is 817 g/mol. The standard InChI is InChI=1S/C38H40IN5O6Si/c1-24-30(50-36(47)27-20-14-9-15-21-27)28(22-48-51(5,6)38(2,3)4)49-35(24)43-23-40-29-31(43)41-37(39)42-32(29)44(33(45)25-16-10-7-11-17-25)34(46)26-18-12-8-13-19-26/h7-21,23-24,28,30,35H,22H2,1-6H3/t24-,28-,30+,35-/m1/s1. The molecule has 13 heteroatoms. The summed E-state index contributed by atoms with van der Waals surface area (Å²) in [6.45, 7) is 13.0. The Morgan fingerprint density at radius 3 is 1.92 bits per heavy atom. The molecule has 1 aliphatic rings. The number of hydrogen-bond donors (Lipinski definition) is 0. The quantitative estimate of drug-likeness (QED) is 0.0484. The van der Waals surface area contributed by atoms with Crippen molar-refractivity contribution in [3.05, 3.63) is 118 Å². The van der Waals surface area contributed by atoms with E-state index in [0.717, 1.165) is 4.90 Å². The number of benzene rings is 3. The van der Waals surface area contributed by atoms with E-state index in [1.54, 1.807) is 95.8 Å². The van der Waals surface area contributed by atoms with Gasteiger partial charge < -0.3 is 13.9 Å². The number of imidazole rings is 1. The van der Waals surface area contributed by atoms with Crippen LogP contribution in [0, 0.1) is 9.75 Å². The van der Waals surface area contributed by atoms with Gasteiger partial charge in [0.25, 0.3) is 11.8 Å². The summed E-state index contributed by atoms with van der Waals surface area (Å²) in [6, 6.07) is 26.0. The summed E-state index contributed by atoms with van der Waals surface area (Å²) in [5.41, 5.74) is 1.64. The molecule has 0 saturated carbocycles. The molecule has 1 saturated heterocycles. The van der Waals surface area contributed by atoms with E-state index in [4.69, 9.17) is 18.9 Å². The molecule has 3 heterocycles. The molecule has 11 nitrogen and oxygen atoms in total. The van der Waals surface area contributed by atoms with Gasteiger partial charge in [0.2, 0.25) is 0 Å². The second-order valence-corrected chi connectivity index (χ2v) is 19.8. The van der Waals surface area contributed by atoms with Gasteiger partial charge in [-0.15, -0.1) is 0 Å². The largest absolute Gasteiger partial charge is 0.455 e. The molecule has 5 aromatic rings. The zero-order valence-corrected chi connectivity index (χ0v) is 32.5. The van der Waals surface area contributed by atoms with Crippen LogP contribution in [0.25, 0.3) is 11.2 Å². The van der Waals surface area contributed by atoms with Crippen LogP contribution in [0.4, 0.5) is 5.82 Å². The number of carbonyl (C=O) groups excluding carboxylic acids is 3. The molecular weight excluding hydrogens is 777 g/mol. The van der Waals surface area contributed by atoms with Crippen molar-refractivity contribution < 1.29 is 28.3 Å². The number of rotatable bonds is 9. The van der Waals surface area contributed by atoms with E-state index in [0.29, 0.717) is 26.2 Å². The minimum atomic E-state index is -2.20. The van der Waals surface area contributed by atoms with Gasteiger partial charge in [0.15, 0.2) is 29.1 Å². The molecule has 0 bridgehead atoms. The molecule has 2 amide bonds. The molecule has 0 aliphatic carbocycles. The molecule has 1 aliphatic heterocycles. The van der Waals surface area contributed by atoms with E-state index >= 15 is 0 Å². The number of ether oxygens (including phenoxy) is 2. The molecule has 0 unspecified atom stereocenters. The summed E-state index contributed by atoms with van der Waals surface area (Å²) in [5, 5.41) is -0.0440. The molecule has 0 spiro atoms. The smallest absolute Gasteiger partial charge is 0.338 e. The van der Waals surface area contributed by atoms with Crippen LogP contribution in [0.15, 0.2) is 97.3 Å². The Labute approximate surface area is 311 Å². The summed E-state index contributed by atoms with van der Waals surface area (Å²) < 4.78 is 21.5. The lowest BCUT2D eigenvalue weighted by atomic mass is 10.0. The first-order valence-electron chi connectivity index (χ1n) is 16.7. The van der Waals surface area contributed by atoms with Gasteiger partial charge in [-0.1, -0.05) is 82.3 Å². The van der Waals surface area contributed by atoms with E-state index in [1.165, 1.54) is 0 Å². The molecule has 264 valence electrons. The zero-order valence-electron chi connectivity index (χ0n) is 29.3. The van der Waals surface area contributed by atoms with Crippen molar-refractivity contribution in [3.8, 4) is 0 Å². The van der Waals surface area contributed by atoms with Gasteiger partial charge >= 0.3 is 5.97 Å². The van der Waals surface area contributed by atoms with E-state index in [-0.39, 0.29) is 28.9 Å². The number of halogens is 1. The van der Waals surface area contributed by atoms with E-state index in [9.17, 15) is 14.4 Å². The molecule has 0 radical (unpaired) electrons. The molecular formula is C38H40IN5O6Si. The molecule has 4 atom stereocenters. The van der Waals surface area contributed by atoms with E-state index < -0.39 is 44.5 Å². The third-order valence-electron chi connectivity index (χ3n) is 9.63. The fourth-order valence-corrected chi connectivity index (χ4v) is 7.18. The van der Waals surface area contributed by atoms with Crippen LogP contribution in [-0.4, -0.2) is 64.4 Å². The highest BCUT2D eigenvalue weighted by atomic mass is 127. The SMILES string of the molecule is C[C@@H]1[C@H](OC(=O)c2ccccc2)[C@@H](CO[Si](C)(C)C(C)(C)C)O[C@H]1n1cnc2c(N(C(=O)c3ccccc3)C(=O)c3ccccc3)nc(I)nc21. The number of aromatic nitrogens is 4. The van der Waals surface area contributed by atoms with Crippen molar-refractivity contribution in [2.24, 2.45) is 5.92 Å². The van der Waals surface area contributed by atoms with Crippen LogP contribution in [-0.2, 0) is 13.9 Å². The highest BCUT2D eigenvalue weighted by Crippen LogP contribution is 2.42. The summed E-state index contributed by atoms with van der Waals surface area (Å²) >= 11 is 1.97. The first-order valence-corrected chi connectivity index (χ1v) is 20.7. The van der Waals surface area contributed by atoms with Gasteiger partial charge in [-0.3, -0.25) is 14.2 Å². The third kappa shape index (κ3) is 7.52. The molecule has 6 rings (SSSR count). The Morgan fingerprint density at radius 1 is 0.863 bits per heavy atom. The van der Waals surface area contributed by atoms with Crippen molar-refractivity contribution in [1.29, 1.82) is 0 Å². The van der Waals surface area contributed by atoms with Crippen LogP contribution < -0.4 is 4.90 Å². The minimum Gasteiger partial charge on any atom is -0.455 e. The summed E-state index contributed by atoms with van der Waals surface area (Å²) in [7, 11) is -2.20. The first kappa shape index (κ1) is 36.5. The molecule has 1 fully saturated rings. The number of amides is 2. The molecule has 3 aromatic carbocycles. The Hall–Kier alpha value is -4.31. The number of anilines is 1. The number of carbonyl (C=O) groups is 3. The van der Waals surface area contributed by atoms with Gasteiger partial charge in [0.1, 0.15) is 18.4 Å². The Bertz CT molecular complexity index is 1990. The maximum Gasteiger partial charge on any atom is 0.338 e. The van der Waals surface area contributed by atoms with E-state index in [1.807, 2.05) is 35.6 Å². The minimum absolute atomic E-state index is 0.0429. The van der Waals surface area contributed by atoms with Crippen molar-refractivity contribution in [3.63, 3.8) is 0 Å². The van der Waals surface area contributed by atoms with Crippen LogP contribution in [0.1, 0.15) is 65.0 Å². The predicted octanol–water partition coefficient (Wildman–Crippen LogP) is 7.70. The highest BCUT2D eigenvalue weighted by Gasteiger charge is 2.48. The third-order valence-corrected chi connectivity index (χ3v) is 14.6. The Morgan fingerprint density at radius 2 is 1.39 bits per heavy atom. The second kappa shape index (κ2) is 14.7. The number of hydrogen-bond acceptors (Lipinski definition) is 9. The summed E-state index contributed by atoms with van der Waals surface area (Å²) in [4.78, 5) is 56.6. The molecule has 51 heavy (non-hydrogen) atoms. The zero-order chi connectivity index (χ0) is 36.5. The number of esters is 1. The van der Waals surface area contributed by atoms with Crippen molar-refractivity contribution in [1.82, 2.24) is 19.5 Å². The van der Waals surface area contributed by atoms with Gasteiger partial charge in [-0.05, 0) is 54.5 Å². The van der Waals surface area contributed by atoms with Gasteiger partial charge in [0, 0.05) is 39.6 Å². The summed E-state index contributed by atoms with van der Waals surface area (Å²) in [6.07, 6.45) is -0.384. The van der Waals surface area contributed by atoms with Crippen molar-refractivity contribution in [2.75, 3.05) is 11.5 Å². The molecule has 0 N–H and O–H groups in total. The van der Waals surface area contributed by atoms with Crippen LogP contribution in [0.5, 0.6) is 0 Å². The topological polar surface area (TPSA) is 126 Å². The predicted molar refractivity (Wildman–Crippen MR) is 204 cm³/mol. The maximum absolute atomic E-state index is 14.1. The lowest BCUT2D eigenvalue weighted by molar-refractivity contribution is -0.0480. The van der Waals surface area contributed by atoms with Gasteiger partial charge in [-0.2, -0.15) is 0 Å². The second-order valence-electron chi connectivity index (χ2n) is 14.0. The Kier molecular flexibility index (Phi) is 10.5. The van der Waals surface area contributed by atoms with Gasteiger partial charge in [0.05, 0.1) is 18.5 Å². The molecule has 2 aromatic heterocycles. The average Bonchev–Trinajstić information content (AvgIpc) is 3.67. The fourth-order valence-electron chi connectivity index (χ4n) is 5.71. The Balaban J connectivity index is 1.40. The average molecular weight is 818 g/mol.